The second-order valence-electron chi connectivity index (χ2n) is 10.9. The summed E-state index contributed by atoms with van der Waals surface area (Å²) in [6.07, 6.45) is -7.22. The standard InChI is InChI=1S/C24BF20.C6H13O3.K/c26-5-1(6(27)14(35)21(42)13(5)34)25(2-7(28)15(36)22(43)16(37)8(2)29,3-9(30)17(38)23(44)18(39)10(3)31)4-11(32)19(40)24(45)20(41)12(4)33;1-7-3-5-9-6-4-8-2;/h;5H,3-4,6H2,1-2H3;/q-1;;. The molecule has 55 heavy (non-hydrogen) atoms. The number of benzene rings is 4. The van der Waals surface area contributed by atoms with Crippen LogP contribution in [0.1, 0.15) is 0 Å². The SMILES string of the molecule is COCCO[CH]([K])COC.Fc1c(F)c(F)c([B-](c2c(F)c(F)c(F)c(F)c2F)(c2c(F)c(F)c(F)c(F)c2F)c2c(F)c(F)c(F)c(F)c2F)c(F)c1F. The first-order chi connectivity index (χ1) is 25.5. The Morgan fingerprint density at radius 3 is 0.727 bits per heavy atom. The van der Waals surface area contributed by atoms with Gasteiger partial charge in [0, 0.05) is 0 Å². The largest absolute Gasteiger partial charge is 0.207 e. The summed E-state index contributed by atoms with van der Waals surface area (Å²) < 4.78 is 309. The van der Waals surface area contributed by atoms with E-state index in [1.54, 1.807) is 14.2 Å². The fourth-order valence-electron chi connectivity index (χ4n) is 5.49. The molecule has 0 heterocycles. The summed E-state index contributed by atoms with van der Waals surface area (Å²) in [6.45, 7) is 2.09. The third kappa shape index (κ3) is 7.86. The van der Waals surface area contributed by atoms with Crippen LogP contribution in [0.4, 0.5) is 87.8 Å². The van der Waals surface area contributed by atoms with Crippen molar-refractivity contribution in [3.8, 4) is 0 Å². The Morgan fingerprint density at radius 1 is 0.345 bits per heavy atom. The molecule has 4 rings (SSSR count). The molecule has 296 valence electrons. The molecule has 0 N–H and O–H groups in total. The molecule has 0 saturated carbocycles. The van der Waals surface area contributed by atoms with Crippen molar-refractivity contribution < 1.29 is 102 Å². The Hall–Kier alpha value is -2.94. The number of methoxy groups -OCH3 is 2. The fourth-order valence-corrected chi connectivity index (χ4v) is 6.38. The van der Waals surface area contributed by atoms with Crippen molar-refractivity contribution in [2.24, 2.45) is 0 Å². The van der Waals surface area contributed by atoms with Gasteiger partial charge in [-0.2, -0.15) is 0 Å². The van der Waals surface area contributed by atoms with E-state index in [1.165, 1.54) is 0 Å². The van der Waals surface area contributed by atoms with Crippen molar-refractivity contribution in [3.05, 3.63) is 116 Å². The summed E-state index contributed by atoms with van der Waals surface area (Å²) in [5, 5.41) is 0. The van der Waals surface area contributed by atoms with Gasteiger partial charge in [0.05, 0.1) is 0 Å². The third-order valence-electron chi connectivity index (χ3n) is 7.80. The minimum Gasteiger partial charge on any atom is -0.207 e. The van der Waals surface area contributed by atoms with Gasteiger partial charge in [0.2, 0.25) is 0 Å². The Kier molecular flexibility index (Phi) is 15.3. The molecule has 0 radical (unpaired) electrons. The normalized spacial score (nSPS) is 12.3. The maximum absolute atomic E-state index is 15.4. The predicted octanol–water partition coefficient (Wildman–Crippen LogP) is 5.64. The van der Waals surface area contributed by atoms with E-state index in [9.17, 15) is 52.7 Å². The first kappa shape index (κ1) is 46.4. The van der Waals surface area contributed by atoms with E-state index in [4.69, 9.17) is 14.2 Å². The van der Waals surface area contributed by atoms with Crippen molar-refractivity contribution in [2.75, 3.05) is 34.0 Å². The molecule has 25 heteroatoms. The summed E-state index contributed by atoms with van der Waals surface area (Å²) in [7, 11) is 3.37. The van der Waals surface area contributed by atoms with Crippen molar-refractivity contribution in [3.63, 3.8) is 0 Å². The molecule has 0 bridgehead atoms. The average molecular weight is 851 g/mol. The van der Waals surface area contributed by atoms with Crippen LogP contribution < -0.4 is 21.9 Å². The molecule has 0 aliphatic carbocycles. The van der Waals surface area contributed by atoms with Gasteiger partial charge in [-0.3, -0.25) is 0 Å². The maximum Gasteiger partial charge on any atom is 0.200 e. The molecule has 0 spiro atoms. The molecule has 4 aromatic rings. The zero-order chi connectivity index (χ0) is 42.2. The zero-order valence-electron chi connectivity index (χ0n) is 27.1. The third-order valence-corrected chi connectivity index (χ3v) is 8.84. The van der Waals surface area contributed by atoms with Crippen LogP contribution >= 0.6 is 0 Å². The van der Waals surface area contributed by atoms with E-state index in [-0.39, 0.29) is 0 Å². The van der Waals surface area contributed by atoms with Crippen molar-refractivity contribution in [2.45, 2.75) is 0.199 Å². The number of hydrogen-bond donors (Lipinski definition) is 0. The topological polar surface area (TPSA) is 27.7 Å². The Balaban J connectivity index is 0.000000712. The number of halogens is 20. The number of hydrogen-bond acceptors (Lipinski definition) is 3. The van der Waals surface area contributed by atoms with E-state index in [2.05, 4.69) is 0 Å². The minimum atomic E-state index is -7.22. The zero-order valence-corrected chi connectivity index (χ0v) is 30.2. The van der Waals surface area contributed by atoms with Gasteiger partial charge in [-0.25, -0.2) is 87.8 Å². The first-order valence-electron chi connectivity index (χ1n) is 14.3. The average Bonchev–Trinajstić information content (AvgIpc) is 3.15. The first-order valence-corrected chi connectivity index (χ1v) is 16.1. The summed E-state index contributed by atoms with van der Waals surface area (Å²) in [5.41, 5.74) is -14.3. The van der Waals surface area contributed by atoms with Gasteiger partial charge in [-0.15, -0.1) is 21.9 Å². The summed E-state index contributed by atoms with van der Waals surface area (Å²) in [6, 6.07) is 0. The van der Waals surface area contributed by atoms with Crippen LogP contribution in [0.5, 0.6) is 0 Å². The molecule has 0 aliphatic heterocycles. The predicted molar refractivity (Wildman–Crippen MR) is 148 cm³/mol. The monoisotopic (exact) mass is 851 g/mol. The Labute approximate surface area is 327 Å². The van der Waals surface area contributed by atoms with E-state index in [0.29, 0.717) is 62.4 Å². The van der Waals surface area contributed by atoms with Gasteiger partial charge in [-0.1, -0.05) is 0 Å². The summed E-state index contributed by atoms with van der Waals surface area (Å²) in [4.78, 5) is 0. The summed E-state index contributed by atoms with van der Waals surface area (Å²) in [5.74, 6) is -71.4. The van der Waals surface area contributed by atoms with Crippen molar-refractivity contribution >= 4 is 77.0 Å². The Bertz CT molecular complexity index is 1750. The van der Waals surface area contributed by atoms with E-state index in [0.717, 1.165) is 6.61 Å². The quantitative estimate of drug-likeness (QED) is 0.0681. The van der Waals surface area contributed by atoms with Crippen LogP contribution in [0.15, 0.2) is 0 Å². The van der Waals surface area contributed by atoms with Crippen LogP contribution in [0.2, 0.25) is 0 Å². The maximum atomic E-state index is 15.4. The Morgan fingerprint density at radius 2 is 0.545 bits per heavy atom. The number of rotatable bonds is 10. The van der Waals surface area contributed by atoms with Gasteiger partial charge in [0.15, 0.2) is 69.8 Å². The van der Waals surface area contributed by atoms with Gasteiger partial charge < -0.3 is 0 Å². The molecule has 0 amide bonds. The van der Waals surface area contributed by atoms with E-state index in [1.807, 2.05) is 0 Å². The van der Waals surface area contributed by atoms with Crippen molar-refractivity contribution in [1.29, 1.82) is 0 Å². The summed E-state index contributed by atoms with van der Waals surface area (Å²) >= 11 is 0.677. The molecule has 1 atom stereocenters. The van der Waals surface area contributed by atoms with Crippen LogP contribution in [-0.2, 0) is 14.2 Å². The number of ether oxygens (including phenoxy) is 3. The van der Waals surface area contributed by atoms with Crippen molar-refractivity contribution in [1.82, 2.24) is 0 Å². The smallest absolute Gasteiger partial charge is 0.200 e. The molecule has 0 fully saturated rings. The molecular formula is C30H13BF20KO3-. The van der Waals surface area contributed by atoms with Crippen LogP contribution in [0.25, 0.3) is 0 Å². The van der Waals surface area contributed by atoms with Crippen LogP contribution in [-0.4, -0.2) is 89.3 Å². The van der Waals surface area contributed by atoms with Gasteiger partial charge in [0.1, 0.15) is 52.7 Å². The molecule has 0 aliphatic rings. The van der Waals surface area contributed by atoms with E-state index >= 15 is 35.1 Å². The minimum absolute atomic E-state index is 0.354. The van der Waals surface area contributed by atoms with Crippen LogP contribution in [0, 0.1) is 116 Å². The van der Waals surface area contributed by atoms with Gasteiger partial charge in [-0.05, 0) is 0 Å². The molecular weight excluding hydrogens is 838 g/mol. The van der Waals surface area contributed by atoms with E-state index < -0.39 is 144 Å². The van der Waals surface area contributed by atoms with Gasteiger partial charge in [0.25, 0.3) is 0 Å². The molecule has 0 saturated heterocycles. The molecule has 1 unspecified atom stereocenters. The molecule has 4 aromatic carbocycles. The molecule has 0 aromatic heterocycles. The molecule has 3 nitrogen and oxygen atoms in total. The van der Waals surface area contributed by atoms with Gasteiger partial charge >= 0.3 is 97.4 Å². The van der Waals surface area contributed by atoms with Crippen LogP contribution in [0.3, 0.4) is 0 Å². The second-order valence-corrected chi connectivity index (χ2v) is 12.9. The fraction of sp³-hybridized carbons (Fsp3) is 0.200. The second kappa shape index (κ2) is 18.1.